The van der Waals surface area contributed by atoms with Crippen LogP contribution in [0.1, 0.15) is 12.5 Å². The Morgan fingerprint density at radius 3 is 2.33 bits per heavy atom. The Labute approximate surface area is 158 Å². The van der Waals surface area contributed by atoms with Gasteiger partial charge in [-0.1, -0.05) is 54.6 Å². The maximum absolute atomic E-state index is 12.4. The summed E-state index contributed by atoms with van der Waals surface area (Å²) in [5.74, 6) is -2.42. The van der Waals surface area contributed by atoms with Crippen LogP contribution < -0.4 is 5.32 Å². The summed E-state index contributed by atoms with van der Waals surface area (Å²) < 4.78 is 36.0. The van der Waals surface area contributed by atoms with Crippen LogP contribution in [0.2, 0.25) is 0 Å². The number of esters is 1. The van der Waals surface area contributed by atoms with Gasteiger partial charge in [-0.2, -0.15) is 8.42 Å². The summed E-state index contributed by atoms with van der Waals surface area (Å²) in [4.78, 5) is 24.3. The highest BCUT2D eigenvalue weighted by Gasteiger charge is 2.27. The molecule has 0 saturated heterocycles. The minimum absolute atomic E-state index is 0.0213. The van der Waals surface area contributed by atoms with Crippen LogP contribution in [0.3, 0.4) is 0 Å². The van der Waals surface area contributed by atoms with E-state index in [0.29, 0.717) is 0 Å². The number of nitrogens with one attached hydrogen (secondary N) is 1. The Hall–Kier alpha value is -2.71. The molecular weight excluding hydrogens is 370 g/mol. The minimum atomic E-state index is -4.47. The number of carbonyl (C=O) groups is 2. The fraction of sp³-hybridized carbons (Fsp3) is 0.263. The molecule has 2 aromatic carbocycles. The third kappa shape index (κ3) is 6.50. The van der Waals surface area contributed by atoms with Gasteiger partial charge in [0.05, 0.1) is 13.0 Å². The van der Waals surface area contributed by atoms with Gasteiger partial charge in [-0.25, -0.2) is 4.79 Å². The highest BCUT2D eigenvalue weighted by atomic mass is 32.2. The van der Waals surface area contributed by atoms with Crippen LogP contribution in [0.4, 0.5) is 0 Å². The van der Waals surface area contributed by atoms with Crippen molar-refractivity contribution in [3.8, 4) is 11.1 Å². The predicted molar refractivity (Wildman–Crippen MR) is 101 cm³/mol. The second-order valence-corrected chi connectivity index (χ2v) is 7.32. The van der Waals surface area contributed by atoms with Crippen molar-refractivity contribution in [1.82, 2.24) is 5.32 Å². The van der Waals surface area contributed by atoms with Gasteiger partial charge in [-0.15, -0.1) is 0 Å². The molecule has 0 aliphatic heterocycles. The van der Waals surface area contributed by atoms with Crippen LogP contribution in [-0.4, -0.2) is 43.2 Å². The molecule has 0 fully saturated rings. The predicted octanol–water partition coefficient (Wildman–Crippen LogP) is 1.83. The first-order valence-corrected chi connectivity index (χ1v) is 9.95. The molecule has 1 amide bonds. The normalized spacial score (nSPS) is 12.2. The number of ether oxygens (including phenoxy) is 1. The highest BCUT2D eigenvalue weighted by molar-refractivity contribution is 7.85. The molecule has 0 unspecified atom stereocenters. The lowest BCUT2D eigenvalue weighted by Gasteiger charge is -2.16. The molecule has 27 heavy (non-hydrogen) atoms. The molecular formula is C19H21NO6S. The molecule has 0 bridgehead atoms. The van der Waals surface area contributed by atoms with E-state index < -0.39 is 33.8 Å². The van der Waals surface area contributed by atoms with Crippen molar-refractivity contribution in [3.63, 3.8) is 0 Å². The second kappa shape index (κ2) is 9.29. The number of hydrogen-bond acceptors (Lipinski definition) is 5. The Kier molecular flexibility index (Phi) is 7.09. The van der Waals surface area contributed by atoms with Crippen molar-refractivity contribution in [3.05, 3.63) is 60.2 Å². The topological polar surface area (TPSA) is 110 Å². The maximum atomic E-state index is 12.4. The number of amides is 1. The Morgan fingerprint density at radius 2 is 1.70 bits per heavy atom. The van der Waals surface area contributed by atoms with Crippen molar-refractivity contribution >= 4 is 22.0 Å². The van der Waals surface area contributed by atoms with E-state index in [4.69, 9.17) is 9.29 Å². The van der Waals surface area contributed by atoms with E-state index >= 15 is 0 Å². The fourth-order valence-corrected chi connectivity index (χ4v) is 3.25. The summed E-state index contributed by atoms with van der Waals surface area (Å²) in [5, 5.41) is 2.33. The van der Waals surface area contributed by atoms with Crippen LogP contribution in [0.15, 0.2) is 54.6 Å². The van der Waals surface area contributed by atoms with Gasteiger partial charge >= 0.3 is 5.97 Å². The van der Waals surface area contributed by atoms with Crippen LogP contribution in [0.25, 0.3) is 11.1 Å². The van der Waals surface area contributed by atoms with Crippen molar-refractivity contribution in [1.29, 1.82) is 0 Å². The lowest BCUT2D eigenvalue weighted by Crippen LogP contribution is -2.46. The van der Waals surface area contributed by atoms with Gasteiger partial charge in [-0.3, -0.25) is 9.35 Å². The van der Waals surface area contributed by atoms with Crippen LogP contribution >= 0.6 is 0 Å². The molecule has 0 heterocycles. The van der Waals surface area contributed by atoms with E-state index in [1.807, 2.05) is 42.5 Å². The molecule has 0 aliphatic rings. The maximum Gasteiger partial charge on any atom is 0.329 e. The SMILES string of the molecule is CCOC(=O)[C@H](CS(=O)(=O)O)NC(=O)Cc1ccccc1-c1ccccc1. The lowest BCUT2D eigenvalue weighted by atomic mass is 9.97. The van der Waals surface area contributed by atoms with Crippen molar-refractivity contribution in [2.24, 2.45) is 0 Å². The molecule has 0 saturated carbocycles. The average molecular weight is 391 g/mol. The fourth-order valence-electron chi connectivity index (χ4n) is 2.61. The van der Waals surface area contributed by atoms with Crippen LogP contribution in [0, 0.1) is 0 Å². The van der Waals surface area contributed by atoms with Crippen LogP contribution in [0.5, 0.6) is 0 Å². The molecule has 0 radical (unpaired) electrons. The highest BCUT2D eigenvalue weighted by Crippen LogP contribution is 2.23. The summed E-state index contributed by atoms with van der Waals surface area (Å²) in [7, 11) is -4.47. The monoisotopic (exact) mass is 391 g/mol. The van der Waals surface area contributed by atoms with Gasteiger partial charge < -0.3 is 10.1 Å². The first-order valence-electron chi connectivity index (χ1n) is 8.34. The lowest BCUT2D eigenvalue weighted by molar-refractivity contribution is -0.146. The van der Waals surface area contributed by atoms with Gasteiger partial charge in [0.15, 0.2) is 0 Å². The molecule has 0 aliphatic carbocycles. The molecule has 2 aromatic rings. The number of carbonyl (C=O) groups excluding carboxylic acids is 2. The molecule has 2 N–H and O–H groups in total. The van der Waals surface area contributed by atoms with E-state index in [1.165, 1.54) is 0 Å². The first kappa shape index (κ1) is 20.6. The summed E-state index contributed by atoms with van der Waals surface area (Å²) >= 11 is 0. The Morgan fingerprint density at radius 1 is 1.07 bits per heavy atom. The Balaban J connectivity index is 2.17. The smallest absolute Gasteiger partial charge is 0.329 e. The first-order chi connectivity index (χ1) is 12.8. The molecule has 0 aromatic heterocycles. The van der Waals surface area contributed by atoms with Gasteiger partial charge in [0.25, 0.3) is 10.1 Å². The van der Waals surface area contributed by atoms with E-state index in [0.717, 1.165) is 16.7 Å². The van der Waals surface area contributed by atoms with Crippen molar-refractivity contribution in [2.75, 3.05) is 12.4 Å². The van der Waals surface area contributed by atoms with Crippen molar-refractivity contribution in [2.45, 2.75) is 19.4 Å². The standard InChI is InChI=1S/C19H21NO6S/c1-2-26-19(22)17(13-27(23,24)25)20-18(21)12-15-10-6-7-11-16(15)14-8-4-3-5-9-14/h3-11,17H,2,12-13H2,1H3,(H,20,21)(H,23,24,25)/t17-/m0/s1. The van der Waals surface area contributed by atoms with Crippen LogP contribution in [-0.2, 0) is 30.9 Å². The minimum Gasteiger partial charge on any atom is -0.464 e. The van der Waals surface area contributed by atoms with Gasteiger partial charge in [0.2, 0.25) is 5.91 Å². The molecule has 144 valence electrons. The van der Waals surface area contributed by atoms with E-state index in [9.17, 15) is 18.0 Å². The molecule has 7 nitrogen and oxygen atoms in total. The molecule has 2 rings (SSSR count). The van der Waals surface area contributed by atoms with E-state index in [1.54, 1.807) is 19.1 Å². The summed E-state index contributed by atoms with van der Waals surface area (Å²) in [6, 6.07) is 15.3. The largest absolute Gasteiger partial charge is 0.464 e. The average Bonchev–Trinajstić information content (AvgIpc) is 2.61. The van der Waals surface area contributed by atoms with Gasteiger partial charge in [-0.05, 0) is 23.6 Å². The van der Waals surface area contributed by atoms with E-state index in [-0.39, 0.29) is 13.0 Å². The second-order valence-electron chi connectivity index (χ2n) is 5.82. The summed E-state index contributed by atoms with van der Waals surface area (Å²) in [5.41, 5.74) is 2.51. The molecule has 1 atom stereocenters. The number of benzene rings is 2. The van der Waals surface area contributed by atoms with Gasteiger partial charge in [0, 0.05) is 0 Å². The molecule has 0 spiro atoms. The zero-order valence-electron chi connectivity index (χ0n) is 14.8. The number of hydrogen-bond donors (Lipinski definition) is 2. The zero-order chi connectivity index (χ0) is 19.9. The summed E-state index contributed by atoms with van der Waals surface area (Å²) in [6.07, 6.45) is -0.0630. The third-order valence-corrected chi connectivity index (χ3v) is 4.49. The van der Waals surface area contributed by atoms with Crippen molar-refractivity contribution < 1.29 is 27.3 Å². The quantitative estimate of drug-likeness (QED) is 0.525. The zero-order valence-corrected chi connectivity index (χ0v) is 15.6. The summed E-state index contributed by atoms with van der Waals surface area (Å²) in [6.45, 7) is 1.58. The van der Waals surface area contributed by atoms with Gasteiger partial charge in [0.1, 0.15) is 11.8 Å². The van der Waals surface area contributed by atoms with E-state index in [2.05, 4.69) is 5.32 Å². The Bertz CT molecular complexity index is 895. The molecule has 8 heteroatoms. The third-order valence-electron chi connectivity index (χ3n) is 3.74. The number of rotatable bonds is 8.